The minimum atomic E-state index is 0.680. The van der Waals surface area contributed by atoms with Crippen molar-refractivity contribution in [3.8, 4) is 11.1 Å². The van der Waals surface area contributed by atoms with Gasteiger partial charge in [0.05, 0.1) is 17.4 Å². The van der Waals surface area contributed by atoms with E-state index in [-0.39, 0.29) is 0 Å². The molecule has 0 unspecified atom stereocenters. The predicted octanol–water partition coefficient (Wildman–Crippen LogP) is 5.05. The quantitative estimate of drug-likeness (QED) is 0.511. The molecule has 2 aliphatic carbocycles. The molecule has 0 N–H and O–H groups in total. The normalized spacial score (nSPS) is 16.1. The fourth-order valence-corrected chi connectivity index (χ4v) is 4.33. The SMILES string of the molecule is C1=C(c2ccn3ncc(-c4cccnc4)c3c2)c2ccc(C3CCC3)nc2C1. The number of allylic oxidation sites excluding steroid dienone is 1. The Bertz CT molecular complexity index is 1220. The van der Waals surface area contributed by atoms with Crippen LogP contribution in [0.1, 0.15) is 47.7 Å². The van der Waals surface area contributed by atoms with Gasteiger partial charge in [-0.05, 0) is 48.2 Å². The van der Waals surface area contributed by atoms with Gasteiger partial charge in [-0.15, -0.1) is 0 Å². The Morgan fingerprint density at radius 2 is 1.93 bits per heavy atom. The Hall–Kier alpha value is -3.27. The summed E-state index contributed by atoms with van der Waals surface area (Å²) in [4.78, 5) is 9.25. The van der Waals surface area contributed by atoms with Crippen LogP contribution < -0.4 is 0 Å². The van der Waals surface area contributed by atoms with E-state index in [4.69, 9.17) is 4.98 Å². The number of hydrogen-bond acceptors (Lipinski definition) is 3. The topological polar surface area (TPSA) is 43.1 Å². The molecular formula is C24H20N4. The number of pyridine rings is 3. The summed E-state index contributed by atoms with van der Waals surface area (Å²) in [7, 11) is 0. The summed E-state index contributed by atoms with van der Waals surface area (Å²) in [6.45, 7) is 0. The molecule has 4 nitrogen and oxygen atoms in total. The molecule has 0 aromatic carbocycles. The Kier molecular flexibility index (Phi) is 3.45. The monoisotopic (exact) mass is 364 g/mol. The highest BCUT2D eigenvalue weighted by molar-refractivity contribution is 5.88. The molecule has 0 spiro atoms. The molecule has 28 heavy (non-hydrogen) atoms. The van der Waals surface area contributed by atoms with Crippen LogP contribution in [0.3, 0.4) is 0 Å². The van der Waals surface area contributed by atoms with E-state index in [1.807, 2.05) is 29.2 Å². The third kappa shape index (κ3) is 2.41. The lowest BCUT2D eigenvalue weighted by atomic mass is 9.82. The molecular weight excluding hydrogens is 344 g/mol. The highest BCUT2D eigenvalue weighted by atomic mass is 15.2. The summed E-state index contributed by atoms with van der Waals surface area (Å²) in [5.41, 5.74) is 9.56. The number of hydrogen-bond donors (Lipinski definition) is 0. The first-order chi connectivity index (χ1) is 13.9. The summed E-state index contributed by atoms with van der Waals surface area (Å²) in [5, 5.41) is 4.51. The third-order valence-electron chi connectivity index (χ3n) is 6.11. The van der Waals surface area contributed by atoms with Crippen LogP contribution >= 0.6 is 0 Å². The summed E-state index contributed by atoms with van der Waals surface area (Å²) < 4.78 is 1.93. The summed E-state index contributed by atoms with van der Waals surface area (Å²) in [6, 6.07) is 12.9. The van der Waals surface area contributed by atoms with E-state index in [2.05, 4.69) is 46.5 Å². The summed E-state index contributed by atoms with van der Waals surface area (Å²) in [5.74, 6) is 0.680. The zero-order chi connectivity index (χ0) is 18.5. The standard InChI is InChI=1S/C24H20N4/c1-3-16(4-1)22-8-7-20-19(6-9-23(20)27-22)17-10-12-28-24(13-17)21(15-26-28)18-5-2-11-25-14-18/h2,5-8,10-16H,1,3-4,9H2. The van der Waals surface area contributed by atoms with Gasteiger partial charge in [0.1, 0.15) is 0 Å². The van der Waals surface area contributed by atoms with Crippen LogP contribution in [0.15, 0.2) is 67.3 Å². The van der Waals surface area contributed by atoms with E-state index in [0.29, 0.717) is 5.92 Å². The second kappa shape index (κ2) is 6.13. The number of aromatic nitrogens is 4. The zero-order valence-electron chi connectivity index (χ0n) is 15.5. The van der Waals surface area contributed by atoms with Gasteiger partial charge in [0.15, 0.2) is 0 Å². The lowest BCUT2D eigenvalue weighted by Crippen LogP contribution is -2.11. The second-order valence-corrected chi connectivity index (χ2v) is 7.73. The van der Waals surface area contributed by atoms with Crippen LogP contribution in [0.4, 0.5) is 0 Å². The molecule has 0 atom stereocenters. The fourth-order valence-electron chi connectivity index (χ4n) is 4.33. The van der Waals surface area contributed by atoms with E-state index in [1.165, 1.54) is 47.4 Å². The number of fused-ring (bicyclic) bond motifs is 2. The minimum Gasteiger partial charge on any atom is -0.264 e. The largest absolute Gasteiger partial charge is 0.264 e. The van der Waals surface area contributed by atoms with Gasteiger partial charge in [-0.25, -0.2) is 4.52 Å². The van der Waals surface area contributed by atoms with Crippen molar-refractivity contribution >= 4 is 11.1 Å². The molecule has 0 radical (unpaired) electrons. The van der Waals surface area contributed by atoms with E-state index >= 15 is 0 Å². The fraction of sp³-hybridized carbons (Fsp3) is 0.208. The van der Waals surface area contributed by atoms with Crippen molar-refractivity contribution in [3.63, 3.8) is 0 Å². The lowest BCUT2D eigenvalue weighted by molar-refractivity contribution is 0.410. The predicted molar refractivity (Wildman–Crippen MR) is 110 cm³/mol. The number of nitrogens with zero attached hydrogens (tertiary/aromatic N) is 4. The lowest BCUT2D eigenvalue weighted by Gasteiger charge is -2.25. The Balaban J connectivity index is 1.41. The van der Waals surface area contributed by atoms with Gasteiger partial charge in [-0.3, -0.25) is 9.97 Å². The van der Waals surface area contributed by atoms with Crippen molar-refractivity contribution in [2.24, 2.45) is 0 Å². The maximum absolute atomic E-state index is 4.99. The van der Waals surface area contributed by atoms with Crippen molar-refractivity contribution in [2.75, 3.05) is 0 Å². The Morgan fingerprint density at radius 1 is 0.964 bits per heavy atom. The first kappa shape index (κ1) is 15.8. The molecule has 4 heteroatoms. The highest BCUT2D eigenvalue weighted by Gasteiger charge is 2.24. The van der Waals surface area contributed by atoms with Gasteiger partial charge in [0.2, 0.25) is 0 Å². The summed E-state index contributed by atoms with van der Waals surface area (Å²) >= 11 is 0. The average molecular weight is 364 g/mol. The maximum Gasteiger partial charge on any atom is 0.0746 e. The molecule has 1 fully saturated rings. The molecule has 1 saturated carbocycles. The van der Waals surface area contributed by atoms with Gasteiger partial charge in [0.25, 0.3) is 0 Å². The maximum atomic E-state index is 4.99. The molecule has 0 saturated heterocycles. The smallest absolute Gasteiger partial charge is 0.0746 e. The molecule has 136 valence electrons. The second-order valence-electron chi connectivity index (χ2n) is 7.73. The molecule has 0 amide bonds. The van der Waals surface area contributed by atoms with E-state index in [9.17, 15) is 0 Å². The van der Waals surface area contributed by atoms with Crippen molar-refractivity contribution in [2.45, 2.75) is 31.6 Å². The van der Waals surface area contributed by atoms with Crippen LogP contribution in [0.25, 0.3) is 22.2 Å². The van der Waals surface area contributed by atoms with Crippen LogP contribution in [-0.2, 0) is 6.42 Å². The van der Waals surface area contributed by atoms with Gasteiger partial charge in [-0.2, -0.15) is 5.10 Å². The Labute approximate surface area is 163 Å². The summed E-state index contributed by atoms with van der Waals surface area (Å²) in [6.07, 6.45) is 14.8. The van der Waals surface area contributed by atoms with Gasteiger partial charge in [-0.1, -0.05) is 24.6 Å². The molecule has 0 bridgehead atoms. The first-order valence-electron chi connectivity index (χ1n) is 9.95. The Morgan fingerprint density at radius 3 is 2.75 bits per heavy atom. The molecule has 4 aromatic rings. The highest BCUT2D eigenvalue weighted by Crippen LogP contribution is 2.38. The van der Waals surface area contributed by atoms with Gasteiger partial charge in [0, 0.05) is 53.3 Å². The van der Waals surface area contributed by atoms with Gasteiger partial charge >= 0.3 is 0 Å². The first-order valence-corrected chi connectivity index (χ1v) is 9.95. The average Bonchev–Trinajstić information content (AvgIpc) is 3.30. The molecule has 4 heterocycles. The van der Waals surface area contributed by atoms with Crippen LogP contribution in [0.2, 0.25) is 0 Å². The minimum absolute atomic E-state index is 0.680. The van der Waals surface area contributed by atoms with Crippen molar-refractivity contribution < 1.29 is 0 Å². The zero-order valence-corrected chi connectivity index (χ0v) is 15.5. The molecule has 4 aromatic heterocycles. The molecule has 0 aliphatic heterocycles. The number of rotatable bonds is 3. The van der Waals surface area contributed by atoms with Crippen molar-refractivity contribution in [1.82, 2.24) is 19.6 Å². The van der Waals surface area contributed by atoms with Crippen LogP contribution in [0.5, 0.6) is 0 Å². The van der Waals surface area contributed by atoms with Crippen LogP contribution in [0, 0.1) is 0 Å². The van der Waals surface area contributed by atoms with Crippen molar-refractivity contribution in [3.05, 3.63) is 89.8 Å². The van der Waals surface area contributed by atoms with E-state index < -0.39 is 0 Å². The molecule has 6 rings (SSSR count). The van der Waals surface area contributed by atoms with Crippen LogP contribution in [-0.4, -0.2) is 19.6 Å². The molecule has 2 aliphatic rings. The van der Waals surface area contributed by atoms with Crippen molar-refractivity contribution in [1.29, 1.82) is 0 Å². The third-order valence-corrected chi connectivity index (χ3v) is 6.11. The van der Waals surface area contributed by atoms with Gasteiger partial charge < -0.3 is 0 Å². The van der Waals surface area contributed by atoms with E-state index in [0.717, 1.165) is 23.1 Å². The van der Waals surface area contributed by atoms with E-state index in [1.54, 1.807) is 6.20 Å².